The van der Waals surface area contributed by atoms with Crippen molar-refractivity contribution in [1.82, 2.24) is 4.57 Å². The monoisotopic (exact) mass is 273 g/mol. The summed E-state index contributed by atoms with van der Waals surface area (Å²) in [5.74, 6) is -0.303. The molecule has 1 atom stereocenters. The number of benzene rings is 1. The van der Waals surface area contributed by atoms with Crippen molar-refractivity contribution >= 4 is 16.9 Å². The lowest BCUT2D eigenvalue weighted by molar-refractivity contribution is -0.139. The molecule has 3 rings (SSSR count). The van der Waals surface area contributed by atoms with E-state index in [1.54, 1.807) is 0 Å². The Morgan fingerprint density at radius 3 is 3.00 bits per heavy atom. The second-order valence-electron chi connectivity index (χ2n) is 5.31. The van der Waals surface area contributed by atoms with E-state index < -0.39 is 5.97 Å². The number of aromatic nitrogens is 1. The van der Waals surface area contributed by atoms with Crippen LogP contribution in [0.5, 0.6) is 5.75 Å². The number of carboxylic acids is 1. The predicted molar refractivity (Wildman–Crippen MR) is 77.4 cm³/mol. The van der Waals surface area contributed by atoms with E-state index >= 15 is 0 Å². The second-order valence-corrected chi connectivity index (χ2v) is 5.31. The third-order valence-corrected chi connectivity index (χ3v) is 4.20. The van der Waals surface area contributed by atoms with Crippen molar-refractivity contribution in [2.75, 3.05) is 6.61 Å². The van der Waals surface area contributed by atoms with Crippen molar-refractivity contribution in [3.63, 3.8) is 0 Å². The van der Waals surface area contributed by atoms with E-state index in [2.05, 4.69) is 4.57 Å². The Labute approximate surface area is 118 Å². The van der Waals surface area contributed by atoms with Crippen LogP contribution in [-0.2, 0) is 18.3 Å². The highest BCUT2D eigenvalue weighted by Crippen LogP contribution is 2.40. The molecule has 106 valence electrons. The zero-order valence-corrected chi connectivity index (χ0v) is 11.8. The summed E-state index contributed by atoms with van der Waals surface area (Å²) in [6, 6.07) is 5.96. The van der Waals surface area contributed by atoms with E-state index in [1.165, 1.54) is 0 Å². The molecule has 4 heteroatoms. The summed E-state index contributed by atoms with van der Waals surface area (Å²) in [5.41, 5.74) is 3.24. The summed E-state index contributed by atoms with van der Waals surface area (Å²) in [6.45, 7) is 2.56. The van der Waals surface area contributed by atoms with Crippen LogP contribution in [0.4, 0.5) is 0 Å². The van der Waals surface area contributed by atoms with Crippen LogP contribution in [0.1, 0.15) is 36.9 Å². The van der Waals surface area contributed by atoms with Gasteiger partial charge < -0.3 is 14.4 Å². The standard InChI is InChI=1S/C16H19NO3/c1-3-20-10-7-8-13-12(9-10)15-11(16(18)19)5-4-6-14(15)17(13)2/h7-9,11H,3-6H2,1-2H3,(H,18,19). The van der Waals surface area contributed by atoms with Crippen LogP contribution in [0.3, 0.4) is 0 Å². The summed E-state index contributed by atoms with van der Waals surface area (Å²) >= 11 is 0. The number of hydrogen-bond donors (Lipinski definition) is 1. The van der Waals surface area contributed by atoms with Gasteiger partial charge in [-0.1, -0.05) is 0 Å². The fourth-order valence-electron chi connectivity index (χ4n) is 3.32. The quantitative estimate of drug-likeness (QED) is 0.935. The molecule has 0 saturated carbocycles. The number of nitrogens with zero attached hydrogens (tertiary/aromatic N) is 1. The van der Waals surface area contributed by atoms with Gasteiger partial charge in [0.05, 0.1) is 12.5 Å². The molecular formula is C16H19NO3. The molecule has 4 nitrogen and oxygen atoms in total. The van der Waals surface area contributed by atoms with Gasteiger partial charge in [-0.2, -0.15) is 0 Å². The van der Waals surface area contributed by atoms with Gasteiger partial charge in [0, 0.05) is 23.6 Å². The van der Waals surface area contributed by atoms with E-state index in [-0.39, 0.29) is 5.92 Å². The summed E-state index contributed by atoms with van der Waals surface area (Å²) in [7, 11) is 2.02. The van der Waals surface area contributed by atoms with Gasteiger partial charge in [0.25, 0.3) is 0 Å². The van der Waals surface area contributed by atoms with E-state index in [0.29, 0.717) is 6.61 Å². The summed E-state index contributed by atoms with van der Waals surface area (Å²) in [4.78, 5) is 11.5. The number of fused-ring (bicyclic) bond motifs is 3. The lowest BCUT2D eigenvalue weighted by atomic mass is 9.85. The van der Waals surface area contributed by atoms with Crippen LogP contribution in [-0.4, -0.2) is 22.2 Å². The van der Waals surface area contributed by atoms with Crippen molar-refractivity contribution in [1.29, 1.82) is 0 Å². The van der Waals surface area contributed by atoms with Gasteiger partial charge in [-0.25, -0.2) is 0 Å². The first kappa shape index (κ1) is 13.0. The van der Waals surface area contributed by atoms with Crippen LogP contribution < -0.4 is 4.74 Å². The highest BCUT2D eigenvalue weighted by atomic mass is 16.5. The van der Waals surface area contributed by atoms with E-state index in [4.69, 9.17) is 4.74 Å². The zero-order valence-electron chi connectivity index (χ0n) is 11.8. The molecule has 1 N–H and O–H groups in total. The summed E-state index contributed by atoms with van der Waals surface area (Å²) in [5, 5.41) is 10.5. The summed E-state index contributed by atoms with van der Waals surface area (Å²) < 4.78 is 7.69. The Balaban J connectivity index is 2.25. The number of carboxylic acid groups (broad SMARTS) is 1. The number of aryl methyl sites for hydroxylation is 1. The lowest BCUT2D eigenvalue weighted by Gasteiger charge is -2.20. The Kier molecular flexibility index (Phi) is 3.16. The molecule has 1 aromatic carbocycles. The maximum atomic E-state index is 11.5. The van der Waals surface area contributed by atoms with Crippen LogP contribution in [0.25, 0.3) is 10.9 Å². The van der Waals surface area contributed by atoms with Gasteiger partial charge in [0.1, 0.15) is 5.75 Å². The second kappa shape index (κ2) is 4.85. The molecule has 1 unspecified atom stereocenters. The van der Waals surface area contributed by atoms with E-state index in [0.717, 1.165) is 47.2 Å². The molecule has 0 saturated heterocycles. The summed E-state index contributed by atoms with van der Waals surface area (Å²) in [6.07, 6.45) is 2.61. The average molecular weight is 273 g/mol. The lowest BCUT2D eigenvalue weighted by Crippen LogP contribution is -2.18. The van der Waals surface area contributed by atoms with Gasteiger partial charge >= 0.3 is 5.97 Å². The molecule has 0 bridgehead atoms. The highest BCUT2D eigenvalue weighted by Gasteiger charge is 2.31. The maximum absolute atomic E-state index is 11.5. The minimum Gasteiger partial charge on any atom is -0.494 e. The number of aliphatic carboxylic acids is 1. The van der Waals surface area contributed by atoms with Gasteiger partial charge in [-0.05, 0) is 49.9 Å². The highest BCUT2D eigenvalue weighted by molar-refractivity contribution is 5.92. The first-order valence-electron chi connectivity index (χ1n) is 7.10. The van der Waals surface area contributed by atoms with Gasteiger partial charge in [0.2, 0.25) is 0 Å². The molecule has 0 fully saturated rings. The van der Waals surface area contributed by atoms with Crippen molar-refractivity contribution < 1.29 is 14.6 Å². The normalized spacial score (nSPS) is 18.0. The van der Waals surface area contributed by atoms with Crippen molar-refractivity contribution in [2.24, 2.45) is 7.05 Å². The topological polar surface area (TPSA) is 51.5 Å². The third-order valence-electron chi connectivity index (χ3n) is 4.20. The van der Waals surface area contributed by atoms with Gasteiger partial charge in [-0.3, -0.25) is 4.79 Å². The molecule has 1 aliphatic rings. The fourth-order valence-corrected chi connectivity index (χ4v) is 3.32. The Morgan fingerprint density at radius 2 is 2.30 bits per heavy atom. The molecule has 1 aromatic heterocycles. The molecule has 0 aliphatic heterocycles. The molecular weight excluding hydrogens is 254 g/mol. The first-order chi connectivity index (χ1) is 9.63. The number of ether oxygens (including phenoxy) is 1. The van der Waals surface area contributed by atoms with Crippen molar-refractivity contribution in [3.8, 4) is 5.75 Å². The SMILES string of the molecule is CCOc1ccc2c(c1)c1c(n2C)CCCC1C(=O)O. The van der Waals surface area contributed by atoms with Crippen LogP contribution in [0, 0.1) is 0 Å². The van der Waals surface area contributed by atoms with Gasteiger partial charge in [-0.15, -0.1) is 0 Å². The minimum atomic E-state index is -0.722. The van der Waals surface area contributed by atoms with Crippen LogP contribution in [0.15, 0.2) is 18.2 Å². The van der Waals surface area contributed by atoms with Crippen molar-refractivity contribution in [3.05, 3.63) is 29.5 Å². The largest absolute Gasteiger partial charge is 0.494 e. The molecule has 0 amide bonds. The first-order valence-corrected chi connectivity index (χ1v) is 7.10. The van der Waals surface area contributed by atoms with Crippen molar-refractivity contribution in [2.45, 2.75) is 32.1 Å². The van der Waals surface area contributed by atoms with E-state index in [9.17, 15) is 9.90 Å². The Hall–Kier alpha value is -1.97. The molecule has 0 spiro atoms. The molecule has 20 heavy (non-hydrogen) atoms. The smallest absolute Gasteiger partial charge is 0.311 e. The number of rotatable bonds is 3. The molecule has 2 aromatic rings. The number of hydrogen-bond acceptors (Lipinski definition) is 2. The van der Waals surface area contributed by atoms with Crippen LogP contribution >= 0.6 is 0 Å². The fraction of sp³-hybridized carbons (Fsp3) is 0.438. The Bertz CT molecular complexity index is 672. The predicted octanol–water partition coefficient (Wildman–Crippen LogP) is 3.08. The molecule has 1 heterocycles. The molecule has 0 radical (unpaired) electrons. The Morgan fingerprint density at radius 1 is 1.50 bits per heavy atom. The third kappa shape index (κ3) is 1.87. The van der Waals surface area contributed by atoms with Gasteiger partial charge in [0.15, 0.2) is 0 Å². The maximum Gasteiger partial charge on any atom is 0.311 e. The minimum absolute atomic E-state index is 0.390. The van der Waals surface area contributed by atoms with E-state index in [1.807, 2.05) is 32.2 Å². The molecule has 1 aliphatic carbocycles. The van der Waals surface area contributed by atoms with Crippen LogP contribution in [0.2, 0.25) is 0 Å². The average Bonchev–Trinajstić information content (AvgIpc) is 2.73. The number of carbonyl (C=O) groups is 1. The zero-order chi connectivity index (χ0) is 14.3.